The van der Waals surface area contributed by atoms with Gasteiger partial charge in [0, 0.05) is 44.3 Å². The zero-order valence-corrected chi connectivity index (χ0v) is 17.0. The van der Waals surface area contributed by atoms with Crippen molar-refractivity contribution in [2.24, 2.45) is 0 Å². The van der Waals surface area contributed by atoms with Crippen molar-refractivity contribution < 1.29 is 4.39 Å². The van der Waals surface area contributed by atoms with Gasteiger partial charge in [0.25, 0.3) is 5.56 Å². The Labute approximate surface area is 179 Å². The molecular weight excluding hydrogens is 393 g/mol. The summed E-state index contributed by atoms with van der Waals surface area (Å²) in [6.45, 7) is 3.63. The lowest BCUT2D eigenvalue weighted by Gasteiger charge is -2.36. The first-order chi connectivity index (χ1) is 15.2. The summed E-state index contributed by atoms with van der Waals surface area (Å²) in [6.07, 6.45) is 3.43. The summed E-state index contributed by atoms with van der Waals surface area (Å²) in [5.74, 6) is 0.404. The minimum atomic E-state index is -0.227. The van der Waals surface area contributed by atoms with Gasteiger partial charge in [0.05, 0.1) is 17.4 Å². The van der Waals surface area contributed by atoms with E-state index in [1.165, 1.54) is 12.1 Å². The molecule has 0 bridgehead atoms. The van der Waals surface area contributed by atoms with Gasteiger partial charge in [0.15, 0.2) is 0 Å². The zero-order chi connectivity index (χ0) is 21.2. The van der Waals surface area contributed by atoms with Crippen LogP contribution in [0.3, 0.4) is 0 Å². The molecule has 5 rings (SSSR count). The second kappa shape index (κ2) is 8.18. The largest absolute Gasteiger partial charge is 0.368 e. The van der Waals surface area contributed by atoms with Gasteiger partial charge in [-0.05, 0) is 35.9 Å². The van der Waals surface area contributed by atoms with Crippen molar-refractivity contribution in [3.63, 3.8) is 0 Å². The average Bonchev–Trinajstić information content (AvgIpc) is 2.82. The predicted octanol–water partition coefficient (Wildman–Crippen LogP) is 3.31. The van der Waals surface area contributed by atoms with E-state index in [0.29, 0.717) is 23.4 Å². The van der Waals surface area contributed by atoms with E-state index in [1.807, 2.05) is 36.4 Å². The molecule has 0 spiro atoms. The minimum absolute atomic E-state index is 0.0889. The molecule has 0 N–H and O–H groups in total. The Balaban J connectivity index is 1.33. The molecule has 1 fully saturated rings. The SMILES string of the molecule is O=c1c2cnc(N3CCN(c4ccc(F)cc4)CC3)nc2ccn1Cc1ccccc1. The fourth-order valence-electron chi connectivity index (χ4n) is 3.93. The molecule has 0 aliphatic carbocycles. The number of fused-ring (bicyclic) bond motifs is 1. The molecule has 0 unspecified atom stereocenters. The van der Waals surface area contributed by atoms with E-state index in [-0.39, 0.29) is 11.4 Å². The van der Waals surface area contributed by atoms with E-state index in [1.54, 1.807) is 29.1 Å². The first kappa shape index (κ1) is 19.2. The number of piperazine rings is 1. The Morgan fingerprint density at radius 3 is 2.32 bits per heavy atom. The molecule has 2 aromatic carbocycles. The molecular formula is C24H22FN5O. The molecule has 2 aromatic heterocycles. The minimum Gasteiger partial charge on any atom is -0.368 e. The monoisotopic (exact) mass is 415 g/mol. The Hall–Kier alpha value is -3.74. The highest BCUT2D eigenvalue weighted by atomic mass is 19.1. The number of benzene rings is 2. The molecule has 0 amide bonds. The van der Waals surface area contributed by atoms with E-state index < -0.39 is 0 Å². The van der Waals surface area contributed by atoms with Crippen LogP contribution in [0.4, 0.5) is 16.0 Å². The van der Waals surface area contributed by atoms with Gasteiger partial charge in [-0.1, -0.05) is 30.3 Å². The maximum atomic E-state index is 13.2. The van der Waals surface area contributed by atoms with Crippen LogP contribution in [0, 0.1) is 5.82 Å². The van der Waals surface area contributed by atoms with Gasteiger partial charge < -0.3 is 14.4 Å². The normalized spacial score (nSPS) is 14.2. The molecule has 6 nitrogen and oxygen atoms in total. The number of pyridine rings is 1. The van der Waals surface area contributed by atoms with E-state index in [4.69, 9.17) is 0 Å². The molecule has 1 saturated heterocycles. The highest BCUT2D eigenvalue weighted by Crippen LogP contribution is 2.20. The van der Waals surface area contributed by atoms with Crippen LogP contribution in [0.15, 0.2) is 77.9 Å². The lowest BCUT2D eigenvalue weighted by Crippen LogP contribution is -2.47. The van der Waals surface area contributed by atoms with E-state index >= 15 is 0 Å². The van der Waals surface area contributed by atoms with Crippen molar-refractivity contribution in [3.05, 3.63) is 94.8 Å². The van der Waals surface area contributed by atoms with Crippen molar-refractivity contribution in [3.8, 4) is 0 Å². The van der Waals surface area contributed by atoms with Crippen LogP contribution in [-0.2, 0) is 6.54 Å². The van der Waals surface area contributed by atoms with Gasteiger partial charge in [-0.2, -0.15) is 0 Å². The molecule has 1 aliphatic rings. The third kappa shape index (κ3) is 3.99. The first-order valence-corrected chi connectivity index (χ1v) is 10.3. The summed E-state index contributed by atoms with van der Waals surface area (Å²) < 4.78 is 14.8. The number of aromatic nitrogens is 3. The molecule has 0 radical (unpaired) electrons. The van der Waals surface area contributed by atoms with Crippen LogP contribution < -0.4 is 15.4 Å². The standard InChI is InChI=1S/C24H22FN5O/c25-19-6-8-20(9-7-19)28-12-14-29(15-13-28)24-26-16-21-22(27-24)10-11-30(23(21)31)17-18-4-2-1-3-5-18/h1-11,16H,12-15,17H2. The van der Waals surface area contributed by atoms with Crippen LogP contribution in [0.2, 0.25) is 0 Å². The second-order valence-corrected chi connectivity index (χ2v) is 7.65. The Kier molecular flexibility index (Phi) is 5.08. The number of halogens is 1. The van der Waals surface area contributed by atoms with Gasteiger partial charge in [0.2, 0.25) is 5.95 Å². The number of hydrogen-bond acceptors (Lipinski definition) is 5. The van der Waals surface area contributed by atoms with Crippen molar-refractivity contribution in [1.29, 1.82) is 0 Å². The molecule has 31 heavy (non-hydrogen) atoms. The molecule has 0 atom stereocenters. The van der Waals surface area contributed by atoms with Crippen LogP contribution in [0.5, 0.6) is 0 Å². The van der Waals surface area contributed by atoms with Crippen LogP contribution >= 0.6 is 0 Å². The zero-order valence-electron chi connectivity index (χ0n) is 17.0. The van der Waals surface area contributed by atoms with Gasteiger partial charge in [0.1, 0.15) is 5.82 Å². The predicted molar refractivity (Wildman–Crippen MR) is 120 cm³/mol. The summed E-state index contributed by atoms with van der Waals surface area (Å²) in [4.78, 5) is 26.4. The molecule has 1 aliphatic heterocycles. The highest BCUT2D eigenvalue weighted by molar-refractivity contribution is 5.77. The average molecular weight is 415 g/mol. The van der Waals surface area contributed by atoms with E-state index in [2.05, 4.69) is 19.8 Å². The van der Waals surface area contributed by atoms with Crippen molar-refractivity contribution >= 4 is 22.5 Å². The van der Waals surface area contributed by atoms with Crippen LogP contribution in [0.25, 0.3) is 10.9 Å². The van der Waals surface area contributed by atoms with Gasteiger partial charge in [-0.15, -0.1) is 0 Å². The Morgan fingerprint density at radius 2 is 1.58 bits per heavy atom. The summed E-state index contributed by atoms with van der Waals surface area (Å²) in [5, 5.41) is 0.520. The lowest BCUT2D eigenvalue weighted by molar-refractivity contribution is 0.623. The van der Waals surface area contributed by atoms with Crippen LogP contribution in [-0.4, -0.2) is 40.7 Å². The second-order valence-electron chi connectivity index (χ2n) is 7.65. The number of hydrogen-bond donors (Lipinski definition) is 0. The molecule has 7 heteroatoms. The molecule has 0 saturated carbocycles. The van der Waals surface area contributed by atoms with Gasteiger partial charge in [-0.3, -0.25) is 4.79 Å². The van der Waals surface area contributed by atoms with Crippen molar-refractivity contribution in [2.45, 2.75) is 6.54 Å². The van der Waals surface area contributed by atoms with Gasteiger partial charge in [-0.25, -0.2) is 14.4 Å². The highest BCUT2D eigenvalue weighted by Gasteiger charge is 2.20. The number of nitrogens with zero attached hydrogens (tertiary/aromatic N) is 5. The van der Waals surface area contributed by atoms with Crippen molar-refractivity contribution in [2.75, 3.05) is 36.0 Å². The first-order valence-electron chi connectivity index (χ1n) is 10.3. The Morgan fingerprint density at radius 1 is 0.871 bits per heavy atom. The van der Waals surface area contributed by atoms with Gasteiger partial charge >= 0.3 is 0 Å². The topological polar surface area (TPSA) is 54.3 Å². The lowest BCUT2D eigenvalue weighted by atomic mass is 10.2. The maximum absolute atomic E-state index is 13.2. The fourth-order valence-corrected chi connectivity index (χ4v) is 3.93. The van der Waals surface area contributed by atoms with Crippen molar-refractivity contribution in [1.82, 2.24) is 14.5 Å². The maximum Gasteiger partial charge on any atom is 0.261 e. The third-order valence-corrected chi connectivity index (χ3v) is 5.66. The quantitative estimate of drug-likeness (QED) is 0.512. The number of rotatable bonds is 4. The summed E-state index contributed by atoms with van der Waals surface area (Å²) in [6, 6.07) is 18.3. The Bertz CT molecular complexity index is 1250. The fraction of sp³-hybridized carbons (Fsp3) is 0.208. The third-order valence-electron chi connectivity index (χ3n) is 5.66. The molecule has 3 heterocycles. The molecule has 4 aromatic rings. The van der Waals surface area contributed by atoms with E-state index in [9.17, 15) is 9.18 Å². The molecule has 156 valence electrons. The van der Waals surface area contributed by atoms with Crippen LogP contribution in [0.1, 0.15) is 5.56 Å². The summed E-state index contributed by atoms with van der Waals surface area (Å²) >= 11 is 0. The summed E-state index contributed by atoms with van der Waals surface area (Å²) in [7, 11) is 0. The number of anilines is 2. The summed E-state index contributed by atoms with van der Waals surface area (Å²) in [5.41, 5.74) is 2.65. The van der Waals surface area contributed by atoms with E-state index in [0.717, 1.165) is 37.4 Å². The smallest absolute Gasteiger partial charge is 0.261 e.